The van der Waals surface area contributed by atoms with Crippen LogP contribution in [0.3, 0.4) is 0 Å². The van der Waals surface area contributed by atoms with Gasteiger partial charge in [0.1, 0.15) is 34.6 Å². The number of allylic oxidation sites excluding steroid dienone is 1. The number of halogens is 2. The molecular weight excluding hydrogens is 548 g/mol. The number of carbonyl (C=O) groups is 1. The highest BCUT2D eigenvalue weighted by molar-refractivity contribution is 9.10. The molecule has 0 aliphatic carbocycles. The maximum Gasteiger partial charge on any atom is 0.349 e. The van der Waals surface area contributed by atoms with E-state index in [9.17, 15) is 10.1 Å². The van der Waals surface area contributed by atoms with Gasteiger partial charge in [0.15, 0.2) is 6.61 Å². The van der Waals surface area contributed by atoms with E-state index in [-0.39, 0.29) is 23.8 Å². The first kappa shape index (κ1) is 25.4. The van der Waals surface area contributed by atoms with Crippen LogP contribution in [0.2, 0.25) is 5.02 Å². The maximum atomic E-state index is 12.4. The van der Waals surface area contributed by atoms with Gasteiger partial charge in [-0.2, -0.15) is 5.26 Å². The monoisotopic (exact) mass is 568 g/mol. The lowest BCUT2D eigenvalue weighted by Gasteiger charge is -2.27. The van der Waals surface area contributed by atoms with Crippen LogP contribution < -0.4 is 24.7 Å². The number of benzene rings is 3. The van der Waals surface area contributed by atoms with E-state index in [0.717, 1.165) is 21.2 Å². The Labute approximate surface area is 222 Å². The number of hydrogen-bond acceptors (Lipinski definition) is 7. The van der Waals surface area contributed by atoms with Crippen LogP contribution in [0.25, 0.3) is 0 Å². The Morgan fingerprint density at radius 2 is 1.83 bits per heavy atom. The van der Waals surface area contributed by atoms with Crippen LogP contribution in [0.4, 0.5) is 0 Å². The topological polar surface area (TPSA) is 104 Å². The van der Waals surface area contributed by atoms with Crippen molar-refractivity contribution in [1.82, 2.24) is 0 Å². The molecule has 0 amide bonds. The molecule has 1 aliphatic heterocycles. The van der Waals surface area contributed by atoms with Crippen molar-refractivity contribution in [2.75, 3.05) is 13.7 Å². The normalized spacial score (nSPS) is 14.4. The first-order chi connectivity index (χ1) is 17.2. The number of nitriles is 1. The lowest BCUT2D eigenvalue weighted by Crippen LogP contribution is -2.22. The van der Waals surface area contributed by atoms with Gasteiger partial charge in [-0.3, -0.25) is 0 Å². The fraction of sp³-hybridized carbons (Fsp3) is 0.185. The number of ether oxygens (including phenoxy) is 4. The maximum absolute atomic E-state index is 12.4. The summed E-state index contributed by atoms with van der Waals surface area (Å²) in [6.45, 7) is 3.43. The second kappa shape index (κ2) is 10.5. The standard InChI is InChI=1S/C27H22BrClN2O5/c1-14-8-18(9-15(2)26(14)29)34-13-24(32)35-17-5-6-19-23(11-17)36-27(31)21(12-30)25(19)20-10-16(28)4-7-22(20)33-3/h4-11,25H,13,31H2,1-3H3. The fourth-order valence-electron chi connectivity index (χ4n) is 4.04. The highest BCUT2D eigenvalue weighted by Gasteiger charge is 2.33. The van der Waals surface area contributed by atoms with Crippen molar-refractivity contribution in [2.24, 2.45) is 5.73 Å². The van der Waals surface area contributed by atoms with Crippen LogP contribution in [0.1, 0.15) is 28.2 Å². The number of hydrogen-bond donors (Lipinski definition) is 1. The first-order valence-electron chi connectivity index (χ1n) is 10.9. The predicted octanol–water partition coefficient (Wildman–Crippen LogP) is 5.93. The van der Waals surface area contributed by atoms with E-state index in [0.29, 0.717) is 27.8 Å². The Hall–Kier alpha value is -3.67. The minimum absolute atomic E-state index is 0.0303. The zero-order valence-electron chi connectivity index (χ0n) is 19.7. The van der Waals surface area contributed by atoms with Crippen molar-refractivity contribution in [3.05, 3.63) is 91.7 Å². The summed E-state index contributed by atoms with van der Waals surface area (Å²) in [4.78, 5) is 12.4. The van der Waals surface area contributed by atoms with Crippen molar-refractivity contribution < 1.29 is 23.7 Å². The molecule has 3 aromatic rings. The second-order valence-electron chi connectivity index (χ2n) is 8.14. The molecule has 184 valence electrons. The Morgan fingerprint density at radius 3 is 2.50 bits per heavy atom. The van der Waals surface area contributed by atoms with E-state index < -0.39 is 11.9 Å². The van der Waals surface area contributed by atoms with Crippen LogP contribution >= 0.6 is 27.5 Å². The molecule has 0 saturated carbocycles. The quantitative estimate of drug-likeness (QED) is 0.290. The van der Waals surface area contributed by atoms with Gasteiger partial charge in [0.05, 0.1) is 13.0 Å². The molecule has 2 N–H and O–H groups in total. The van der Waals surface area contributed by atoms with Gasteiger partial charge in [-0.25, -0.2) is 4.79 Å². The summed E-state index contributed by atoms with van der Waals surface area (Å²) < 4.78 is 23.1. The molecule has 0 radical (unpaired) electrons. The van der Waals surface area contributed by atoms with E-state index >= 15 is 0 Å². The summed E-state index contributed by atoms with van der Waals surface area (Å²) in [5, 5.41) is 10.5. The molecule has 3 aromatic carbocycles. The SMILES string of the molecule is COc1ccc(Br)cc1C1C(C#N)=C(N)Oc2cc(OC(=O)COc3cc(C)c(Cl)c(C)c3)ccc21. The van der Waals surface area contributed by atoms with E-state index in [2.05, 4.69) is 22.0 Å². The predicted molar refractivity (Wildman–Crippen MR) is 138 cm³/mol. The van der Waals surface area contributed by atoms with Gasteiger partial charge < -0.3 is 24.7 Å². The molecule has 0 fully saturated rings. The lowest BCUT2D eigenvalue weighted by atomic mass is 9.83. The van der Waals surface area contributed by atoms with Crippen LogP contribution in [-0.2, 0) is 4.79 Å². The molecule has 9 heteroatoms. The van der Waals surface area contributed by atoms with Gasteiger partial charge >= 0.3 is 5.97 Å². The number of rotatable bonds is 6. The molecule has 0 saturated heterocycles. The molecule has 0 spiro atoms. The van der Waals surface area contributed by atoms with Gasteiger partial charge in [-0.15, -0.1) is 0 Å². The van der Waals surface area contributed by atoms with Crippen molar-refractivity contribution in [3.8, 4) is 29.1 Å². The van der Waals surface area contributed by atoms with Gasteiger partial charge in [0, 0.05) is 26.7 Å². The van der Waals surface area contributed by atoms with E-state index in [1.807, 2.05) is 26.0 Å². The summed E-state index contributed by atoms with van der Waals surface area (Å²) in [6, 6.07) is 16.1. The van der Waals surface area contributed by atoms with Crippen molar-refractivity contribution in [1.29, 1.82) is 5.26 Å². The summed E-state index contributed by atoms with van der Waals surface area (Å²) in [5.74, 6) is 0.577. The first-order valence-corrected chi connectivity index (χ1v) is 12.0. The number of esters is 1. The number of fused-ring (bicyclic) bond motifs is 1. The Morgan fingerprint density at radius 1 is 1.11 bits per heavy atom. The average molecular weight is 570 g/mol. The number of methoxy groups -OCH3 is 1. The zero-order chi connectivity index (χ0) is 26.0. The Kier molecular flexibility index (Phi) is 7.43. The molecule has 1 atom stereocenters. The molecule has 36 heavy (non-hydrogen) atoms. The van der Waals surface area contributed by atoms with Gasteiger partial charge in [0.25, 0.3) is 0 Å². The Balaban J connectivity index is 1.58. The third-order valence-corrected chi connectivity index (χ3v) is 6.78. The van der Waals surface area contributed by atoms with Crippen LogP contribution in [0, 0.1) is 25.2 Å². The Bertz CT molecular complexity index is 1410. The summed E-state index contributed by atoms with van der Waals surface area (Å²) in [6.07, 6.45) is 0. The smallest absolute Gasteiger partial charge is 0.349 e. The summed E-state index contributed by atoms with van der Waals surface area (Å²) >= 11 is 9.66. The van der Waals surface area contributed by atoms with Gasteiger partial charge in [-0.1, -0.05) is 33.6 Å². The third-order valence-electron chi connectivity index (χ3n) is 5.69. The molecule has 7 nitrogen and oxygen atoms in total. The van der Waals surface area contributed by atoms with Crippen molar-refractivity contribution >= 4 is 33.5 Å². The van der Waals surface area contributed by atoms with Gasteiger partial charge in [0.2, 0.25) is 5.88 Å². The molecule has 0 aromatic heterocycles. The number of nitrogens with zero attached hydrogens (tertiary/aromatic N) is 1. The molecule has 4 rings (SSSR count). The molecule has 0 bridgehead atoms. The van der Waals surface area contributed by atoms with E-state index in [1.165, 1.54) is 0 Å². The fourth-order valence-corrected chi connectivity index (χ4v) is 4.53. The van der Waals surface area contributed by atoms with Crippen molar-refractivity contribution in [2.45, 2.75) is 19.8 Å². The highest BCUT2D eigenvalue weighted by atomic mass is 79.9. The molecule has 1 heterocycles. The van der Waals surface area contributed by atoms with E-state index in [1.54, 1.807) is 43.5 Å². The lowest BCUT2D eigenvalue weighted by molar-refractivity contribution is -0.136. The number of aryl methyl sites for hydroxylation is 2. The van der Waals surface area contributed by atoms with Crippen molar-refractivity contribution in [3.63, 3.8) is 0 Å². The van der Waals surface area contributed by atoms with Gasteiger partial charge in [-0.05, 0) is 61.4 Å². The largest absolute Gasteiger partial charge is 0.496 e. The average Bonchev–Trinajstić information content (AvgIpc) is 2.85. The molecular formula is C27H22BrClN2O5. The number of nitrogens with two attached hydrogens (primary N) is 1. The minimum Gasteiger partial charge on any atom is -0.496 e. The number of carbonyl (C=O) groups excluding carboxylic acids is 1. The zero-order valence-corrected chi connectivity index (χ0v) is 22.1. The van der Waals surface area contributed by atoms with Crippen LogP contribution in [-0.4, -0.2) is 19.7 Å². The van der Waals surface area contributed by atoms with Crippen LogP contribution in [0.5, 0.6) is 23.0 Å². The van der Waals surface area contributed by atoms with E-state index in [4.69, 9.17) is 36.3 Å². The second-order valence-corrected chi connectivity index (χ2v) is 9.44. The highest BCUT2D eigenvalue weighted by Crippen LogP contribution is 2.46. The molecule has 1 unspecified atom stereocenters. The summed E-state index contributed by atoms with van der Waals surface area (Å²) in [7, 11) is 1.56. The third kappa shape index (κ3) is 5.13. The minimum atomic E-state index is -0.595. The molecule has 1 aliphatic rings. The summed E-state index contributed by atoms with van der Waals surface area (Å²) in [5.41, 5.74) is 9.49. The van der Waals surface area contributed by atoms with Crippen LogP contribution in [0.15, 0.2) is 64.5 Å².